The summed E-state index contributed by atoms with van der Waals surface area (Å²) < 4.78 is 0. The summed E-state index contributed by atoms with van der Waals surface area (Å²) in [5.41, 5.74) is 2.63. The van der Waals surface area contributed by atoms with Crippen LogP contribution in [-0.4, -0.2) is 11.9 Å². The van der Waals surface area contributed by atoms with E-state index in [0.717, 1.165) is 6.54 Å². The highest BCUT2D eigenvalue weighted by molar-refractivity contribution is 5.21. The van der Waals surface area contributed by atoms with Crippen molar-refractivity contribution in [1.29, 1.82) is 0 Å². The molecule has 0 aromatic heterocycles. The molecular weight excluding hydrogens is 170 g/mol. The Balaban J connectivity index is 2.55. The molecule has 74 valence electrons. The third kappa shape index (κ3) is 3.48. The fraction of sp³-hybridized carbons (Fsp3) is 0.231. The Kier molecular flexibility index (Phi) is 3.99. The summed E-state index contributed by atoms with van der Waals surface area (Å²) in [5, 5.41) is 0. The van der Waals surface area contributed by atoms with E-state index in [2.05, 4.69) is 49.7 Å². The largest absolute Gasteiger partial charge is 0.376 e. The SMILES string of the molecule is C=C/C=C\N(C)Cc1ccc(C)cc1. The molecule has 0 atom stereocenters. The highest BCUT2D eigenvalue weighted by Gasteiger charge is 1.94. The molecule has 0 aliphatic rings. The molecule has 0 N–H and O–H groups in total. The van der Waals surface area contributed by atoms with Crippen LogP contribution in [0.5, 0.6) is 0 Å². The van der Waals surface area contributed by atoms with Crippen molar-refractivity contribution in [1.82, 2.24) is 4.90 Å². The Morgan fingerprint density at radius 1 is 1.29 bits per heavy atom. The van der Waals surface area contributed by atoms with Gasteiger partial charge in [-0.15, -0.1) is 0 Å². The van der Waals surface area contributed by atoms with E-state index in [9.17, 15) is 0 Å². The lowest BCUT2D eigenvalue weighted by atomic mass is 10.1. The van der Waals surface area contributed by atoms with Crippen LogP contribution in [-0.2, 0) is 6.54 Å². The molecule has 1 rings (SSSR count). The van der Waals surface area contributed by atoms with E-state index in [1.807, 2.05) is 12.3 Å². The lowest BCUT2D eigenvalue weighted by molar-refractivity contribution is 0.451. The van der Waals surface area contributed by atoms with Gasteiger partial charge < -0.3 is 4.90 Å². The number of hydrogen-bond donors (Lipinski definition) is 0. The molecule has 0 amide bonds. The molecule has 0 unspecified atom stereocenters. The average molecular weight is 187 g/mol. The summed E-state index contributed by atoms with van der Waals surface area (Å²) >= 11 is 0. The van der Waals surface area contributed by atoms with E-state index >= 15 is 0 Å². The molecule has 1 nitrogen and oxygen atoms in total. The first-order chi connectivity index (χ1) is 6.72. The Morgan fingerprint density at radius 3 is 2.50 bits per heavy atom. The summed E-state index contributed by atoms with van der Waals surface area (Å²) in [5.74, 6) is 0. The number of nitrogens with zero attached hydrogens (tertiary/aromatic N) is 1. The average Bonchev–Trinajstić information content (AvgIpc) is 2.18. The van der Waals surface area contributed by atoms with Gasteiger partial charge in [-0.1, -0.05) is 42.5 Å². The monoisotopic (exact) mass is 187 g/mol. The Hall–Kier alpha value is -1.50. The van der Waals surface area contributed by atoms with Crippen molar-refractivity contribution in [3.63, 3.8) is 0 Å². The zero-order chi connectivity index (χ0) is 10.4. The molecule has 0 aliphatic heterocycles. The van der Waals surface area contributed by atoms with Gasteiger partial charge in [0.05, 0.1) is 0 Å². The normalized spacial score (nSPS) is 10.4. The van der Waals surface area contributed by atoms with Gasteiger partial charge >= 0.3 is 0 Å². The fourth-order valence-corrected chi connectivity index (χ4v) is 1.24. The van der Waals surface area contributed by atoms with Gasteiger partial charge in [-0.2, -0.15) is 0 Å². The highest BCUT2D eigenvalue weighted by atomic mass is 15.1. The van der Waals surface area contributed by atoms with Crippen LogP contribution in [0.2, 0.25) is 0 Å². The topological polar surface area (TPSA) is 3.24 Å². The predicted molar refractivity (Wildman–Crippen MR) is 62.0 cm³/mol. The minimum absolute atomic E-state index is 0.935. The van der Waals surface area contributed by atoms with E-state index < -0.39 is 0 Å². The first kappa shape index (κ1) is 10.6. The zero-order valence-electron chi connectivity index (χ0n) is 8.90. The molecule has 14 heavy (non-hydrogen) atoms. The summed E-state index contributed by atoms with van der Waals surface area (Å²) in [6.45, 7) is 6.68. The quantitative estimate of drug-likeness (QED) is 0.655. The molecule has 0 bridgehead atoms. The van der Waals surface area contributed by atoms with Gasteiger partial charge in [0.2, 0.25) is 0 Å². The van der Waals surface area contributed by atoms with E-state index in [1.165, 1.54) is 11.1 Å². The van der Waals surface area contributed by atoms with Crippen LogP contribution in [0, 0.1) is 6.92 Å². The van der Waals surface area contributed by atoms with Crippen molar-refractivity contribution in [2.75, 3.05) is 7.05 Å². The third-order valence-electron chi connectivity index (χ3n) is 2.03. The summed E-state index contributed by atoms with van der Waals surface area (Å²) in [6.07, 6.45) is 5.74. The maximum atomic E-state index is 3.64. The molecule has 0 saturated carbocycles. The van der Waals surface area contributed by atoms with Crippen LogP contribution in [0.1, 0.15) is 11.1 Å². The van der Waals surface area contributed by atoms with E-state index in [-0.39, 0.29) is 0 Å². The first-order valence-corrected chi connectivity index (χ1v) is 4.77. The first-order valence-electron chi connectivity index (χ1n) is 4.77. The third-order valence-corrected chi connectivity index (χ3v) is 2.03. The van der Waals surface area contributed by atoms with Crippen molar-refractivity contribution >= 4 is 0 Å². The standard InChI is InChI=1S/C13H17N/c1-4-5-10-14(3)11-13-8-6-12(2)7-9-13/h4-10H,1,11H2,2-3H3/b10-5-. The summed E-state index contributed by atoms with van der Waals surface area (Å²) in [4.78, 5) is 2.13. The molecule has 1 aromatic carbocycles. The second-order valence-corrected chi connectivity index (χ2v) is 3.48. The van der Waals surface area contributed by atoms with Gasteiger partial charge in [0.15, 0.2) is 0 Å². The molecule has 1 aromatic rings. The molecular formula is C13H17N. The maximum Gasteiger partial charge on any atom is 0.0420 e. The van der Waals surface area contributed by atoms with Crippen molar-refractivity contribution < 1.29 is 0 Å². The lowest BCUT2D eigenvalue weighted by Crippen LogP contribution is -2.09. The van der Waals surface area contributed by atoms with E-state index in [1.54, 1.807) is 6.08 Å². The van der Waals surface area contributed by atoms with Gasteiger partial charge in [-0.3, -0.25) is 0 Å². The van der Waals surface area contributed by atoms with Crippen molar-refractivity contribution in [3.05, 3.63) is 60.3 Å². The number of allylic oxidation sites excluding steroid dienone is 2. The zero-order valence-corrected chi connectivity index (χ0v) is 8.90. The molecule has 0 aliphatic carbocycles. The van der Waals surface area contributed by atoms with Crippen LogP contribution in [0.3, 0.4) is 0 Å². The highest BCUT2D eigenvalue weighted by Crippen LogP contribution is 2.05. The maximum absolute atomic E-state index is 3.64. The van der Waals surface area contributed by atoms with Gasteiger partial charge in [0.25, 0.3) is 0 Å². The van der Waals surface area contributed by atoms with Gasteiger partial charge in [-0.25, -0.2) is 0 Å². The Bertz CT molecular complexity index is 309. The number of rotatable bonds is 4. The molecule has 0 saturated heterocycles. The molecule has 0 spiro atoms. The lowest BCUT2D eigenvalue weighted by Gasteiger charge is -2.13. The van der Waals surface area contributed by atoms with Gasteiger partial charge in [0.1, 0.15) is 0 Å². The number of aryl methyl sites for hydroxylation is 1. The second kappa shape index (κ2) is 5.28. The van der Waals surface area contributed by atoms with Crippen LogP contribution in [0.4, 0.5) is 0 Å². The van der Waals surface area contributed by atoms with Crippen LogP contribution in [0.25, 0.3) is 0 Å². The Morgan fingerprint density at radius 2 is 1.93 bits per heavy atom. The van der Waals surface area contributed by atoms with E-state index in [0.29, 0.717) is 0 Å². The molecule has 0 fully saturated rings. The van der Waals surface area contributed by atoms with E-state index in [4.69, 9.17) is 0 Å². The molecule has 0 radical (unpaired) electrons. The molecule has 0 heterocycles. The molecule has 1 heteroatoms. The number of hydrogen-bond acceptors (Lipinski definition) is 1. The van der Waals surface area contributed by atoms with Crippen molar-refractivity contribution in [3.8, 4) is 0 Å². The number of benzene rings is 1. The fourth-order valence-electron chi connectivity index (χ4n) is 1.24. The Labute approximate surface area is 86.4 Å². The van der Waals surface area contributed by atoms with Crippen molar-refractivity contribution in [2.45, 2.75) is 13.5 Å². The smallest absolute Gasteiger partial charge is 0.0420 e. The van der Waals surface area contributed by atoms with Gasteiger partial charge in [0, 0.05) is 13.6 Å². The van der Waals surface area contributed by atoms with Crippen molar-refractivity contribution in [2.24, 2.45) is 0 Å². The minimum Gasteiger partial charge on any atom is -0.376 e. The van der Waals surface area contributed by atoms with Gasteiger partial charge in [-0.05, 0) is 24.8 Å². The predicted octanol–water partition coefficient (Wildman–Crippen LogP) is 3.13. The summed E-state index contributed by atoms with van der Waals surface area (Å²) in [7, 11) is 2.06. The summed E-state index contributed by atoms with van der Waals surface area (Å²) in [6, 6.07) is 8.60. The van der Waals surface area contributed by atoms with Crippen LogP contribution >= 0.6 is 0 Å². The second-order valence-electron chi connectivity index (χ2n) is 3.48. The van der Waals surface area contributed by atoms with Crippen LogP contribution in [0.15, 0.2) is 49.2 Å². The minimum atomic E-state index is 0.935. The van der Waals surface area contributed by atoms with Crippen LogP contribution < -0.4 is 0 Å².